The molecule has 0 atom stereocenters. The molecular formula is C19H25ClN2O. The second-order valence-electron chi connectivity index (χ2n) is 7.52. The maximum atomic E-state index is 12.7. The van der Waals surface area contributed by atoms with Gasteiger partial charge < -0.3 is 4.90 Å². The Morgan fingerprint density at radius 3 is 2.65 bits per heavy atom. The standard InChI is InChI=1S/C19H25ClN2O/c20-17-4-1-3-16(13-17)18(23)21-11-8-19(9-12-21)7-2-10-22(19)14-15-5-6-15/h1,3-4,13,15H,2,5-12,14H2. The van der Waals surface area contributed by atoms with Gasteiger partial charge in [0.25, 0.3) is 5.91 Å². The Morgan fingerprint density at radius 2 is 1.96 bits per heavy atom. The number of nitrogens with zero attached hydrogens (tertiary/aromatic N) is 2. The van der Waals surface area contributed by atoms with Gasteiger partial charge in [0.2, 0.25) is 0 Å². The van der Waals surface area contributed by atoms with E-state index < -0.39 is 0 Å². The third-order valence-electron chi connectivity index (χ3n) is 5.97. The highest BCUT2D eigenvalue weighted by molar-refractivity contribution is 6.30. The van der Waals surface area contributed by atoms with E-state index in [1.54, 1.807) is 6.07 Å². The minimum absolute atomic E-state index is 0.133. The van der Waals surface area contributed by atoms with Crippen LogP contribution in [-0.4, -0.2) is 47.4 Å². The topological polar surface area (TPSA) is 23.6 Å². The van der Waals surface area contributed by atoms with Crippen LogP contribution in [0.15, 0.2) is 24.3 Å². The summed E-state index contributed by atoms with van der Waals surface area (Å²) >= 11 is 6.02. The highest BCUT2D eigenvalue weighted by atomic mass is 35.5. The molecule has 4 rings (SSSR count). The molecule has 1 aromatic carbocycles. The Labute approximate surface area is 143 Å². The van der Waals surface area contributed by atoms with Crippen LogP contribution in [0, 0.1) is 5.92 Å². The first kappa shape index (κ1) is 15.5. The van der Waals surface area contributed by atoms with Gasteiger partial charge in [-0.1, -0.05) is 17.7 Å². The van der Waals surface area contributed by atoms with Crippen molar-refractivity contribution in [2.24, 2.45) is 5.92 Å². The molecule has 3 nitrogen and oxygen atoms in total. The van der Waals surface area contributed by atoms with Gasteiger partial charge in [0.05, 0.1) is 0 Å². The van der Waals surface area contributed by atoms with Gasteiger partial charge in [-0.2, -0.15) is 0 Å². The predicted molar refractivity (Wildman–Crippen MR) is 92.9 cm³/mol. The van der Waals surface area contributed by atoms with Gasteiger partial charge in [0.1, 0.15) is 0 Å². The Hall–Kier alpha value is -1.06. The number of hydrogen-bond donors (Lipinski definition) is 0. The summed E-state index contributed by atoms with van der Waals surface area (Å²) in [7, 11) is 0. The molecule has 1 saturated carbocycles. The van der Waals surface area contributed by atoms with Crippen LogP contribution in [0.25, 0.3) is 0 Å². The van der Waals surface area contributed by atoms with Gasteiger partial charge in [0.15, 0.2) is 0 Å². The van der Waals surface area contributed by atoms with Crippen molar-refractivity contribution >= 4 is 17.5 Å². The van der Waals surface area contributed by atoms with E-state index in [0.717, 1.165) is 37.4 Å². The summed E-state index contributed by atoms with van der Waals surface area (Å²) in [6, 6.07) is 7.32. The molecule has 3 fully saturated rings. The molecule has 0 bridgehead atoms. The molecule has 2 heterocycles. The zero-order chi connectivity index (χ0) is 15.9. The highest BCUT2D eigenvalue weighted by Crippen LogP contribution is 2.41. The van der Waals surface area contributed by atoms with Crippen LogP contribution >= 0.6 is 11.6 Å². The first-order chi connectivity index (χ1) is 11.2. The fourth-order valence-corrected chi connectivity index (χ4v) is 4.58. The quantitative estimate of drug-likeness (QED) is 0.840. The molecule has 124 valence electrons. The lowest BCUT2D eigenvalue weighted by Crippen LogP contribution is -2.53. The zero-order valence-electron chi connectivity index (χ0n) is 13.6. The van der Waals surface area contributed by atoms with E-state index in [1.807, 2.05) is 23.1 Å². The van der Waals surface area contributed by atoms with Crippen LogP contribution in [0.1, 0.15) is 48.9 Å². The molecule has 1 aromatic rings. The number of carbonyl (C=O) groups excluding carboxylic acids is 1. The number of piperidine rings is 1. The Morgan fingerprint density at radius 1 is 1.17 bits per heavy atom. The van der Waals surface area contributed by atoms with Gasteiger partial charge in [-0.3, -0.25) is 9.69 Å². The van der Waals surface area contributed by atoms with Crippen LogP contribution in [0.2, 0.25) is 5.02 Å². The van der Waals surface area contributed by atoms with E-state index in [1.165, 1.54) is 38.8 Å². The molecule has 0 N–H and O–H groups in total. The van der Waals surface area contributed by atoms with E-state index in [0.29, 0.717) is 10.6 Å². The molecule has 4 heteroatoms. The average molecular weight is 333 g/mol. The van der Waals surface area contributed by atoms with Gasteiger partial charge in [-0.15, -0.1) is 0 Å². The maximum absolute atomic E-state index is 12.7. The highest BCUT2D eigenvalue weighted by Gasteiger charge is 2.45. The predicted octanol–water partition coefficient (Wildman–Crippen LogP) is 3.82. The molecule has 0 aromatic heterocycles. The second kappa shape index (κ2) is 6.10. The lowest BCUT2D eigenvalue weighted by Gasteiger charge is -2.45. The number of hydrogen-bond acceptors (Lipinski definition) is 2. The molecule has 2 saturated heterocycles. The number of likely N-dealkylation sites (tertiary alicyclic amines) is 2. The summed E-state index contributed by atoms with van der Waals surface area (Å²) in [6.45, 7) is 4.32. The average Bonchev–Trinajstić information content (AvgIpc) is 3.30. The SMILES string of the molecule is O=C(c1cccc(Cl)c1)N1CCC2(CCCN2CC2CC2)CC1. The summed E-state index contributed by atoms with van der Waals surface area (Å²) in [6.07, 6.45) is 7.75. The first-order valence-electron chi connectivity index (χ1n) is 8.96. The minimum Gasteiger partial charge on any atom is -0.339 e. The van der Waals surface area contributed by atoms with E-state index in [9.17, 15) is 4.79 Å². The van der Waals surface area contributed by atoms with Crippen molar-refractivity contribution in [3.05, 3.63) is 34.9 Å². The maximum Gasteiger partial charge on any atom is 0.253 e. The largest absolute Gasteiger partial charge is 0.339 e. The van der Waals surface area contributed by atoms with Gasteiger partial charge in [-0.25, -0.2) is 0 Å². The zero-order valence-corrected chi connectivity index (χ0v) is 14.4. The van der Waals surface area contributed by atoms with Crippen molar-refractivity contribution in [2.45, 2.75) is 44.1 Å². The van der Waals surface area contributed by atoms with Gasteiger partial charge >= 0.3 is 0 Å². The Balaban J connectivity index is 1.41. The molecule has 0 radical (unpaired) electrons. The third-order valence-corrected chi connectivity index (χ3v) is 6.20. The number of rotatable bonds is 3. The minimum atomic E-state index is 0.133. The van der Waals surface area contributed by atoms with Crippen LogP contribution < -0.4 is 0 Å². The number of benzene rings is 1. The molecule has 1 amide bonds. The van der Waals surface area contributed by atoms with Crippen LogP contribution in [0.4, 0.5) is 0 Å². The molecule has 1 aliphatic carbocycles. The smallest absolute Gasteiger partial charge is 0.253 e. The van der Waals surface area contributed by atoms with E-state index in [2.05, 4.69) is 4.90 Å². The van der Waals surface area contributed by atoms with E-state index >= 15 is 0 Å². The van der Waals surface area contributed by atoms with E-state index in [-0.39, 0.29) is 5.91 Å². The molecule has 23 heavy (non-hydrogen) atoms. The summed E-state index contributed by atoms with van der Waals surface area (Å²) in [5.41, 5.74) is 1.10. The summed E-state index contributed by atoms with van der Waals surface area (Å²) < 4.78 is 0. The van der Waals surface area contributed by atoms with Crippen molar-refractivity contribution in [2.75, 3.05) is 26.2 Å². The van der Waals surface area contributed by atoms with E-state index in [4.69, 9.17) is 11.6 Å². The molecule has 3 aliphatic rings. The van der Waals surface area contributed by atoms with Crippen LogP contribution in [0.5, 0.6) is 0 Å². The summed E-state index contributed by atoms with van der Waals surface area (Å²) in [5.74, 6) is 1.09. The van der Waals surface area contributed by atoms with Crippen molar-refractivity contribution in [3.63, 3.8) is 0 Å². The Bertz CT molecular complexity index is 591. The van der Waals surface area contributed by atoms with Gasteiger partial charge in [-0.05, 0) is 69.2 Å². The van der Waals surface area contributed by atoms with Crippen LogP contribution in [-0.2, 0) is 0 Å². The molecule has 0 unspecified atom stereocenters. The Kier molecular flexibility index (Phi) is 4.10. The molecule has 2 aliphatic heterocycles. The lowest BCUT2D eigenvalue weighted by atomic mass is 9.84. The first-order valence-corrected chi connectivity index (χ1v) is 9.34. The van der Waals surface area contributed by atoms with Gasteiger partial charge in [0, 0.05) is 35.8 Å². The number of carbonyl (C=O) groups is 1. The summed E-state index contributed by atoms with van der Waals surface area (Å²) in [4.78, 5) is 17.5. The molecule has 1 spiro atoms. The second-order valence-corrected chi connectivity index (χ2v) is 7.96. The monoisotopic (exact) mass is 332 g/mol. The fraction of sp³-hybridized carbons (Fsp3) is 0.632. The summed E-state index contributed by atoms with van der Waals surface area (Å²) in [5, 5.41) is 0.635. The normalized spacial score (nSPS) is 24.3. The third kappa shape index (κ3) is 3.14. The fourth-order valence-electron chi connectivity index (χ4n) is 4.39. The number of halogens is 1. The van der Waals surface area contributed by atoms with Crippen LogP contribution in [0.3, 0.4) is 0 Å². The van der Waals surface area contributed by atoms with Crippen molar-refractivity contribution in [1.29, 1.82) is 0 Å². The molecular weight excluding hydrogens is 308 g/mol. The van der Waals surface area contributed by atoms with Crippen molar-refractivity contribution in [1.82, 2.24) is 9.80 Å². The van der Waals surface area contributed by atoms with Crippen molar-refractivity contribution < 1.29 is 4.79 Å². The number of amides is 1. The lowest BCUT2D eigenvalue weighted by molar-refractivity contribution is 0.0397. The van der Waals surface area contributed by atoms with Crippen molar-refractivity contribution in [3.8, 4) is 0 Å².